The molecule has 1 aromatic carbocycles. The van der Waals surface area contributed by atoms with E-state index in [2.05, 4.69) is 16.9 Å². The number of benzene rings is 1. The summed E-state index contributed by atoms with van der Waals surface area (Å²) in [5.41, 5.74) is 3.18. The van der Waals surface area contributed by atoms with Gasteiger partial charge in [-0.15, -0.1) is 0 Å². The molecule has 0 aliphatic carbocycles. The number of carboxylic acid groups (broad SMARTS) is 1. The van der Waals surface area contributed by atoms with Gasteiger partial charge in [-0.05, 0) is 18.1 Å². The van der Waals surface area contributed by atoms with E-state index in [1.54, 1.807) is 10.6 Å². The molecular formula is C12H11N3O2. The number of aromatic amines is 1. The number of rotatable bonds is 2. The Morgan fingerprint density at radius 3 is 3.06 bits per heavy atom. The predicted octanol–water partition coefficient (Wildman–Crippen LogP) is 2.08. The number of para-hydroxylation sites is 1. The Kier molecular flexibility index (Phi) is 1.95. The van der Waals surface area contributed by atoms with Crippen LogP contribution in [0.2, 0.25) is 0 Å². The quantitative estimate of drug-likeness (QED) is 0.706. The molecule has 0 radical (unpaired) electrons. The summed E-state index contributed by atoms with van der Waals surface area (Å²) in [6.07, 6.45) is 2.47. The van der Waals surface area contributed by atoms with Crippen LogP contribution in [0.4, 0.5) is 0 Å². The average Bonchev–Trinajstić information content (AvgIpc) is 2.85. The molecule has 5 heteroatoms. The number of fused-ring (bicyclic) bond motifs is 3. The van der Waals surface area contributed by atoms with Crippen molar-refractivity contribution in [2.45, 2.75) is 13.3 Å². The van der Waals surface area contributed by atoms with Crippen LogP contribution in [0.3, 0.4) is 0 Å². The highest BCUT2D eigenvalue weighted by atomic mass is 16.4. The molecule has 0 amide bonds. The van der Waals surface area contributed by atoms with E-state index in [4.69, 9.17) is 5.11 Å². The van der Waals surface area contributed by atoms with Crippen LogP contribution in [0.15, 0.2) is 24.4 Å². The number of aromatic carboxylic acids is 1. The molecule has 3 rings (SSSR count). The van der Waals surface area contributed by atoms with Gasteiger partial charge in [0.25, 0.3) is 0 Å². The Hall–Kier alpha value is -2.30. The molecule has 2 aromatic heterocycles. The van der Waals surface area contributed by atoms with Crippen molar-refractivity contribution in [3.05, 3.63) is 35.7 Å². The van der Waals surface area contributed by atoms with E-state index in [0.717, 1.165) is 23.0 Å². The fraction of sp³-hybridized carbons (Fsp3) is 0.167. The summed E-state index contributed by atoms with van der Waals surface area (Å²) in [5, 5.41) is 8.90. The van der Waals surface area contributed by atoms with Crippen molar-refractivity contribution in [1.29, 1.82) is 0 Å². The topological polar surface area (TPSA) is 70.4 Å². The van der Waals surface area contributed by atoms with E-state index in [1.807, 2.05) is 18.2 Å². The zero-order valence-electron chi connectivity index (χ0n) is 9.27. The van der Waals surface area contributed by atoms with Crippen molar-refractivity contribution < 1.29 is 9.90 Å². The van der Waals surface area contributed by atoms with Crippen molar-refractivity contribution in [3.63, 3.8) is 0 Å². The highest BCUT2D eigenvalue weighted by molar-refractivity contribution is 5.88. The van der Waals surface area contributed by atoms with Gasteiger partial charge in [-0.1, -0.05) is 19.1 Å². The van der Waals surface area contributed by atoms with E-state index in [-0.39, 0.29) is 5.69 Å². The maximum absolute atomic E-state index is 10.9. The zero-order valence-corrected chi connectivity index (χ0v) is 9.27. The lowest BCUT2D eigenvalue weighted by atomic mass is 10.1. The molecule has 0 fully saturated rings. The third-order valence-corrected chi connectivity index (χ3v) is 2.92. The molecule has 0 aliphatic heterocycles. The summed E-state index contributed by atoms with van der Waals surface area (Å²) in [6, 6.07) is 5.93. The van der Waals surface area contributed by atoms with Crippen LogP contribution in [0.1, 0.15) is 23.0 Å². The number of carbonyl (C=O) groups is 1. The van der Waals surface area contributed by atoms with E-state index < -0.39 is 5.97 Å². The Morgan fingerprint density at radius 1 is 1.53 bits per heavy atom. The van der Waals surface area contributed by atoms with Crippen LogP contribution < -0.4 is 0 Å². The smallest absolute Gasteiger partial charge is 0.353 e. The minimum atomic E-state index is -0.977. The SMILES string of the molecule is CCc1cccc2c1nc1[nH]c(C(=O)O)cn12. The highest BCUT2D eigenvalue weighted by Crippen LogP contribution is 2.20. The maximum atomic E-state index is 10.9. The van der Waals surface area contributed by atoms with Crippen LogP contribution in [0.5, 0.6) is 0 Å². The highest BCUT2D eigenvalue weighted by Gasteiger charge is 2.13. The van der Waals surface area contributed by atoms with Crippen LogP contribution in [-0.2, 0) is 6.42 Å². The fourth-order valence-corrected chi connectivity index (χ4v) is 2.07. The third kappa shape index (κ3) is 1.32. The van der Waals surface area contributed by atoms with Gasteiger partial charge in [-0.25, -0.2) is 9.78 Å². The van der Waals surface area contributed by atoms with E-state index in [1.165, 1.54) is 0 Å². The van der Waals surface area contributed by atoms with E-state index in [9.17, 15) is 4.79 Å². The van der Waals surface area contributed by atoms with Crippen LogP contribution in [-0.4, -0.2) is 25.4 Å². The molecule has 86 valence electrons. The number of hydrogen-bond donors (Lipinski definition) is 2. The van der Waals surface area contributed by atoms with Gasteiger partial charge in [0.1, 0.15) is 5.69 Å². The molecule has 0 saturated carbocycles. The number of nitrogens with one attached hydrogen (secondary N) is 1. The van der Waals surface area contributed by atoms with Crippen molar-refractivity contribution in [3.8, 4) is 0 Å². The summed E-state index contributed by atoms with van der Waals surface area (Å²) >= 11 is 0. The molecule has 0 atom stereocenters. The third-order valence-electron chi connectivity index (χ3n) is 2.92. The first-order valence-corrected chi connectivity index (χ1v) is 5.42. The number of imidazole rings is 2. The van der Waals surface area contributed by atoms with Crippen LogP contribution >= 0.6 is 0 Å². The van der Waals surface area contributed by atoms with Gasteiger partial charge in [-0.3, -0.25) is 4.40 Å². The standard InChI is InChI=1S/C12H11N3O2/c1-2-7-4-3-5-9-10(7)14-12-13-8(11(16)17)6-15(9)12/h3-6H,2H2,1H3,(H,13,14)(H,16,17). The van der Waals surface area contributed by atoms with Crippen molar-refractivity contribution in [1.82, 2.24) is 14.4 Å². The number of nitrogens with zero attached hydrogens (tertiary/aromatic N) is 2. The lowest BCUT2D eigenvalue weighted by molar-refractivity contribution is 0.0691. The zero-order chi connectivity index (χ0) is 12.0. The molecule has 0 bridgehead atoms. The van der Waals surface area contributed by atoms with Crippen LogP contribution in [0.25, 0.3) is 16.8 Å². The number of H-pyrrole nitrogens is 1. The van der Waals surface area contributed by atoms with Crippen LogP contribution in [0, 0.1) is 0 Å². The second-order valence-electron chi connectivity index (χ2n) is 3.92. The van der Waals surface area contributed by atoms with Gasteiger partial charge in [0.05, 0.1) is 11.0 Å². The number of hydrogen-bond acceptors (Lipinski definition) is 2. The number of carboxylic acids is 1. The lowest BCUT2D eigenvalue weighted by Crippen LogP contribution is -1.95. The monoisotopic (exact) mass is 229 g/mol. The Balaban J connectivity index is 2.38. The van der Waals surface area contributed by atoms with Gasteiger partial charge in [-0.2, -0.15) is 0 Å². The van der Waals surface area contributed by atoms with E-state index in [0.29, 0.717) is 5.78 Å². The second kappa shape index (κ2) is 3.35. The minimum absolute atomic E-state index is 0.149. The van der Waals surface area contributed by atoms with Gasteiger partial charge in [0.2, 0.25) is 5.78 Å². The lowest BCUT2D eigenvalue weighted by Gasteiger charge is -1.96. The first-order chi connectivity index (χ1) is 8.20. The van der Waals surface area contributed by atoms with Crippen molar-refractivity contribution >= 4 is 22.8 Å². The molecular weight excluding hydrogens is 218 g/mol. The summed E-state index contributed by atoms with van der Waals surface area (Å²) < 4.78 is 1.78. The Morgan fingerprint density at radius 2 is 2.35 bits per heavy atom. The molecule has 2 N–H and O–H groups in total. The van der Waals surface area contributed by atoms with E-state index >= 15 is 0 Å². The van der Waals surface area contributed by atoms with Crippen molar-refractivity contribution in [2.75, 3.05) is 0 Å². The fourth-order valence-electron chi connectivity index (χ4n) is 2.07. The van der Waals surface area contributed by atoms with Gasteiger partial charge in [0.15, 0.2) is 0 Å². The first-order valence-electron chi connectivity index (χ1n) is 5.42. The second-order valence-corrected chi connectivity index (χ2v) is 3.92. The Labute approximate surface area is 96.7 Å². The molecule has 0 aliphatic rings. The normalized spacial score (nSPS) is 11.4. The number of aryl methyl sites for hydroxylation is 1. The molecule has 17 heavy (non-hydrogen) atoms. The maximum Gasteiger partial charge on any atom is 0.353 e. The van der Waals surface area contributed by atoms with Gasteiger partial charge >= 0.3 is 5.97 Å². The first kappa shape index (κ1) is 9.89. The molecule has 2 heterocycles. The Bertz CT molecular complexity index is 724. The predicted molar refractivity (Wildman–Crippen MR) is 63.4 cm³/mol. The molecule has 5 nitrogen and oxygen atoms in total. The number of aromatic nitrogens is 3. The molecule has 0 unspecified atom stereocenters. The largest absolute Gasteiger partial charge is 0.477 e. The van der Waals surface area contributed by atoms with Gasteiger partial charge in [0, 0.05) is 6.20 Å². The molecule has 3 aromatic rings. The van der Waals surface area contributed by atoms with Gasteiger partial charge < -0.3 is 10.1 Å². The average molecular weight is 229 g/mol. The minimum Gasteiger partial charge on any atom is -0.477 e. The molecule has 0 saturated heterocycles. The summed E-state index contributed by atoms with van der Waals surface area (Å²) in [6.45, 7) is 2.07. The summed E-state index contributed by atoms with van der Waals surface area (Å²) in [7, 11) is 0. The summed E-state index contributed by atoms with van der Waals surface area (Å²) in [4.78, 5) is 18.1. The summed E-state index contributed by atoms with van der Waals surface area (Å²) in [5.74, 6) is -0.409. The van der Waals surface area contributed by atoms with Crippen molar-refractivity contribution in [2.24, 2.45) is 0 Å². The molecule has 0 spiro atoms.